The summed E-state index contributed by atoms with van der Waals surface area (Å²) < 4.78 is 6.91. The highest BCUT2D eigenvalue weighted by atomic mass is 16.5. The maximum absolute atomic E-state index is 13.5. The first-order valence-corrected chi connectivity index (χ1v) is 10.7. The Morgan fingerprint density at radius 2 is 1.81 bits per heavy atom. The van der Waals surface area contributed by atoms with Crippen molar-refractivity contribution in [3.63, 3.8) is 0 Å². The minimum absolute atomic E-state index is 0.0546. The van der Waals surface area contributed by atoms with Crippen LogP contribution in [0.2, 0.25) is 0 Å². The number of amides is 1. The van der Waals surface area contributed by atoms with Crippen LogP contribution in [0.5, 0.6) is 0 Å². The van der Waals surface area contributed by atoms with Gasteiger partial charge in [0.15, 0.2) is 0 Å². The Hall–Kier alpha value is -3.41. The van der Waals surface area contributed by atoms with Crippen LogP contribution in [0.3, 0.4) is 0 Å². The third-order valence-corrected chi connectivity index (χ3v) is 5.66. The lowest BCUT2D eigenvalue weighted by atomic mass is 9.96. The predicted octanol–water partition coefficient (Wildman–Crippen LogP) is 4.26. The summed E-state index contributed by atoms with van der Waals surface area (Å²) in [5.74, 6) is -0.347. The van der Waals surface area contributed by atoms with Crippen LogP contribution < -0.4 is 0 Å². The molecule has 160 valence electrons. The number of para-hydroxylation sites is 1. The second-order valence-electron chi connectivity index (χ2n) is 7.86. The van der Waals surface area contributed by atoms with E-state index in [0.29, 0.717) is 43.8 Å². The van der Waals surface area contributed by atoms with Crippen LogP contribution in [0.4, 0.5) is 0 Å². The van der Waals surface area contributed by atoms with E-state index >= 15 is 0 Å². The molecule has 1 fully saturated rings. The van der Waals surface area contributed by atoms with Gasteiger partial charge in [0.1, 0.15) is 5.69 Å². The summed E-state index contributed by atoms with van der Waals surface area (Å²) in [7, 11) is 0. The average molecular weight is 418 g/mol. The number of ether oxygens (including phenoxy) is 1. The molecule has 1 aliphatic rings. The molecule has 0 radical (unpaired) electrons. The van der Waals surface area contributed by atoms with E-state index in [-0.39, 0.29) is 17.8 Å². The normalized spacial score (nSPS) is 14.5. The standard InChI is InChI=1S/C25H27N3O3/c1-3-31-25(30)19-12-14-27(15-13-19)24(29)22-17-28(21-10-5-4-6-11-21)26-23(22)20-9-7-8-18(2)16-20/h4-11,16-17,19H,3,12-15H2,1-2H3. The monoisotopic (exact) mass is 417 g/mol. The Kier molecular flexibility index (Phi) is 6.16. The molecule has 31 heavy (non-hydrogen) atoms. The van der Waals surface area contributed by atoms with Crippen LogP contribution in [0.25, 0.3) is 16.9 Å². The van der Waals surface area contributed by atoms with E-state index in [9.17, 15) is 9.59 Å². The molecule has 1 aromatic heterocycles. The zero-order valence-electron chi connectivity index (χ0n) is 18.0. The smallest absolute Gasteiger partial charge is 0.309 e. The van der Waals surface area contributed by atoms with Gasteiger partial charge in [-0.05, 0) is 44.9 Å². The first-order chi connectivity index (χ1) is 15.1. The molecule has 1 saturated heterocycles. The van der Waals surface area contributed by atoms with Crippen molar-refractivity contribution in [3.8, 4) is 16.9 Å². The Balaban J connectivity index is 1.63. The molecule has 0 bridgehead atoms. The third-order valence-electron chi connectivity index (χ3n) is 5.66. The molecular weight excluding hydrogens is 390 g/mol. The molecule has 6 heteroatoms. The molecule has 6 nitrogen and oxygen atoms in total. The van der Waals surface area contributed by atoms with E-state index in [1.165, 1.54) is 0 Å². The number of nitrogens with zero attached hydrogens (tertiary/aromatic N) is 3. The fourth-order valence-electron chi connectivity index (χ4n) is 4.00. The van der Waals surface area contributed by atoms with Crippen molar-refractivity contribution in [2.24, 2.45) is 5.92 Å². The first kappa shape index (κ1) is 20.8. The van der Waals surface area contributed by atoms with Crippen molar-refractivity contribution in [2.75, 3.05) is 19.7 Å². The Bertz CT molecular complexity index is 1070. The molecule has 0 spiro atoms. The number of benzene rings is 2. The largest absolute Gasteiger partial charge is 0.466 e. The molecule has 0 atom stereocenters. The van der Waals surface area contributed by atoms with E-state index < -0.39 is 0 Å². The van der Waals surface area contributed by atoms with E-state index in [0.717, 1.165) is 16.8 Å². The molecule has 0 N–H and O–H groups in total. The molecule has 2 heterocycles. The molecule has 1 aliphatic heterocycles. The van der Waals surface area contributed by atoms with Gasteiger partial charge in [-0.3, -0.25) is 9.59 Å². The highest BCUT2D eigenvalue weighted by molar-refractivity contribution is 6.00. The highest BCUT2D eigenvalue weighted by Gasteiger charge is 2.30. The molecule has 0 saturated carbocycles. The molecule has 3 aromatic rings. The van der Waals surface area contributed by atoms with Gasteiger partial charge in [-0.2, -0.15) is 5.10 Å². The SMILES string of the molecule is CCOC(=O)C1CCN(C(=O)c2cn(-c3ccccc3)nc2-c2cccc(C)c2)CC1. The van der Waals surface area contributed by atoms with Gasteiger partial charge in [0.2, 0.25) is 0 Å². The van der Waals surface area contributed by atoms with Gasteiger partial charge < -0.3 is 9.64 Å². The highest BCUT2D eigenvalue weighted by Crippen LogP contribution is 2.28. The fourth-order valence-corrected chi connectivity index (χ4v) is 4.00. The van der Waals surface area contributed by atoms with Crippen molar-refractivity contribution >= 4 is 11.9 Å². The zero-order valence-corrected chi connectivity index (χ0v) is 18.0. The summed E-state index contributed by atoms with van der Waals surface area (Å²) >= 11 is 0. The Morgan fingerprint density at radius 1 is 1.06 bits per heavy atom. The maximum atomic E-state index is 13.5. The molecule has 2 aromatic carbocycles. The van der Waals surface area contributed by atoms with Crippen LogP contribution >= 0.6 is 0 Å². The number of carbonyl (C=O) groups excluding carboxylic acids is 2. The van der Waals surface area contributed by atoms with Crippen molar-refractivity contribution in [1.82, 2.24) is 14.7 Å². The van der Waals surface area contributed by atoms with Crippen molar-refractivity contribution in [3.05, 3.63) is 71.9 Å². The number of piperidine rings is 1. The van der Waals surface area contributed by atoms with Gasteiger partial charge in [0, 0.05) is 24.8 Å². The molecule has 4 rings (SSSR count). The van der Waals surface area contributed by atoms with E-state index in [4.69, 9.17) is 9.84 Å². The minimum Gasteiger partial charge on any atom is -0.466 e. The van der Waals surface area contributed by atoms with E-state index in [2.05, 4.69) is 0 Å². The summed E-state index contributed by atoms with van der Waals surface area (Å²) in [5, 5.41) is 4.77. The molecule has 0 unspecified atom stereocenters. The van der Waals surface area contributed by atoms with Crippen molar-refractivity contribution in [1.29, 1.82) is 0 Å². The van der Waals surface area contributed by atoms with Gasteiger partial charge in [0.05, 0.1) is 23.8 Å². The number of carbonyl (C=O) groups is 2. The third kappa shape index (κ3) is 4.53. The van der Waals surface area contributed by atoms with Gasteiger partial charge in [-0.1, -0.05) is 42.0 Å². The Morgan fingerprint density at radius 3 is 2.48 bits per heavy atom. The number of hydrogen-bond donors (Lipinski definition) is 0. The number of likely N-dealkylation sites (tertiary alicyclic amines) is 1. The number of esters is 1. The summed E-state index contributed by atoms with van der Waals surface area (Å²) in [6.07, 6.45) is 3.06. The summed E-state index contributed by atoms with van der Waals surface area (Å²) in [4.78, 5) is 27.3. The summed E-state index contributed by atoms with van der Waals surface area (Å²) in [6, 6.07) is 17.8. The number of hydrogen-bond acceptors (Lipinski definition) is 4. The Labute approximate surface area is 182 Å². The van der Waals surface area contributed by atoms with Crippen molar-refractivity contribution < 1.29 is 14.3 Å². The second kappa shape index (κ2) is 9.16. The fraction of sp³-hybridized carbons (Fsp3) is 0.320. The summed E-state index contributed by atoms with van der Waals surface area (Å²) in [5.41, 5.74) is 4.17. The van der Waals surface area contributed by atoms with Gasteiger partial charge in [-0.15, -0.1) is 0 Å². The van der Waals surface area contributed by atoms with Crippen LogP contribution in [0, 0.1) is 12.8 Å². The van der Waals surface area contributed by atoms with Crippen LogP contribution in [-0.2, 0) is 9.53 Å². The molecular formula is C25H27N3O3. The lowest BCUT2D eigenvalue weighted by Gasteiger charge is -2.30. The minimum atomic E-state index is -0.160. The maximum Gasteiger partial charge on any atom is 0.309 e. The lowest BCUT2D eigenvalue weighted by Crippen LogP contribution is -2.40. The first-order valence-electron chi connectivity index (χ1n) is 10.7. The molecule has 1 amide bonds. The number of aromatic nitrogens is 2. The average Bonchev–Trinajstić information content (AvgIpc) is 3.25. The number of rotatable bonds is 5. The van der Waals surface area contributed by atoms with Crippen molar-refractivity contribution in [2.45, 2.75) is 26.7 Å². The quantitative estimate of drug-likeness (QED) is 0.582. The second-order valence-corrected chi connectivity index (χ2v) is 7.86. The summed E-state index contributed by atoms with van der Waals surface area (Å²) in [6.45, 7) is 5.29. The van der Waals surface area contributed by atoms with Crippen LogP contribution in [0.1, 0.15) is 35.7 Å². The van der Waals surface area contributed by atoms with E-state index in [1.807, 2.05) is 79.5 Å². The molecule has 0 aliphatic carbocycles. The lowest BCUT2D eigenvalue weighted by molar-refractivity contribution is -0.149. The topological polar surface area (TPSA) is 64.4 Å². The van der Waals surface area contributed by atoms with Crippen LogP contribution in [0.15, 0.2) is 60.8 Å². The predicted molar refractivity (Wildman–Crippen MR) is 119 cm³/mol. The van der Waals surface area contributed by atoms with E-state index in [1.54, 1.807) is 4.68 Å². The van der Waals surface area contributed by atoms with Crippen LogP contribution in [-0.4, -0.2) is 46.3 Å². The van der Waals surface area contributed by atoms with Gasteiger partial charge in [0.25, 0.3) is 5.91 Å². The number of aryl methyl sites for hydroxylation is 1. The zero-order chi connectivity index (χ0) is 21.8. The van der Waals surface area contributed by atoms with Gasteiger partial charge >= 0.3 is 5.97 Å². The van der Waals surface area contributed by atoms with Gasteiger partial charge in [-0.25, -0.2) is 4.68 Å².